The molecule has 0 unspecified atom stereocenters. The summed E-state index contributed by atoms with van der Waals surface area (Å²) in [7, 11) is 2.06. The van der Waals surface area contributed by atoms with E-state index in [2.05, 4.69) is 52.6 Å². The third-order valence-corrected chi connectivity index (χ3v) is 5.99. The normalized spacial score (nSPS) is 17.3. The number of aromatic nitrogens is 1. The van der Waals surface area contributed by atoms with Crippen molar-refractivity contribution in [2.45, 2.75) is 37.9 Å². The molecule has 6 nitrogen and oxygen atoms in total. The summed E-state index contributed by atoms with van der Waals surface area (Å²) in [5.41, 5.74) is -0.0929. The minimum absolute atomic E-state index is 0.00861. The van der Waals surface area contributed by atoms with Crippen LogP contribution in [0.2, 0.25) is 0 Å². The molecule has 2 fully saturated rings. The van der Waals surface area contributed by atoms with Crippen LogP contribution in [-0.2, 0) is 4.79 Å². The molecule has 2 heterocycles. The number of allylic oxidation sites excluding steroid dienone is 1. The van der Waals surface area contributed by atoms with Crippen LogP contribution >= 0.6 is 0 Å². The number of likely N-dealkylation sites (tertiary alicyclic amines) is 1. The summed E-state index contributed by atoms with van der Waals surface area (Å²) in [6.45, 7) is 13.6. The molecule has 0 atom stereocenters. The van der Waals surface area contributed by atoms with Crippen molar-refractivity contribution in [3.63, 3.8) is 0 Å². The molecule has 33 heavy (non-hydrogen) atoms. The van der Waals surface area contributed by atoms with Gasteiger partial charge in [0.1, 0.15) is 5.82 Å². The number of halogens is 3. The highest BCUT2D eigenvalue weighted by atomic mass is 19.4. The number of nitrogens with zero attached hydrogens (tertiary/aromatic N) is 2. The molecule has 1 saturated heterocycles. The maximum atomic E-state index is 13.5. The number of hydrogen-bond acceptors (Lipinski definition) is 5. The highest BCUT2D eigenvalue weighted by molar-refractivity contribution is 5.83. The van der Waals surface area contributed by atoms with Gasteiger partial charge in [0.25, 0.3) is 0 Å². The molecule has 1 aromatic heterocycles. The van der Waals surface area contributed by atoms with Gasteiger partial charge in [-0.15, -0.1) is 0 Å². The van der Waals surface area contributed by atoms with E-state index in [1.165, 1.54) is 6.08 Å². The molecule has 1 amide bonds. The van der Waals surface area contributed by atoms with Gasteiger partial charge in [0, 0.05) is 41.9 Å². The second-order valence-corrected chi connectivity index (χ2v) is 8.69. The molecule has 0 spiro atoms. The minimum atomic E-state index is -4.64. The zero-order chi connectivity index (χ0) is 24.2. The fraction of sp³-hybridized carbons (Fsp3) is 0.500. The summed E-state index contributed by atoms with van der Waals surface area (Å²) < 4.78 is 40.6. The quantitative estimate of drug-likeness (QED) is 0.460. The third-order valence-electron chi connectivity index (χ3n) is 5.99. The first kappa shape index (κ1) is 24.8. The number of hydrogen-bond donors (Lipinski definition) is 3. The van der Waals surface area contributed by atoms with Crippen LogP contribution in [0.15, 0.2) is 25.8 Å². The van der Waals surface area contributed by atoms with Gasteiger partial charge in [-0.25, -0.2) is 4.98 Å². The SMILES string of the molecule is C=Cc1c(C(=C)NC2CCN(C)CC2)cc(NCCNC(=O)C2CC2)nc1C(=C)C(F)(F)F. The maximum Gasteiger partial charge on any atom is 0.417 e. The van der Waals surface area contributed by atoms with Gasteiger partial charge in [-0.05, 0) is 51.9 Å². The average Bonchev–Trinajstić information content (AvgIpc) is 3.62. The van der Waals surface area contributed by atoms with Crippen molar-refractivity contribution < 1.29 is 18.0 Å². The fourth-order valence-electron chi connectivity index (χ4n) is 3.81. The Labute approximate surface area is 193 Å². The van der Waals surface area contributed by atoms with Gasteiger partial charge in [-0.2, -0.15) is 13.2 Å². The van der Waals surface area contributed by atoms with Crippen LogP contribution in [0, 0.1) is 5.92 Å². The number of pyridine rings is 1. The zero-order valence-electron chi connectivity index (χ0n) is 19.0. The van der Waals surface area contributed by atoms with E-state index in [1.54, 1.807) is 6.07 Å². The van der Waals surface area contributed by atoms with Gasteiger partial charge in [-0.3, -0.25) is 4.79 Å². The standard InChI is InChI=1S/C24H32F3N5O/c1-5-19-20(16(3)30-18-8-12-32(4)13-9-18)14-21(31-22(19)15(2)24(25,26)27)28-10-11-29-23(33)17-6-7-17/h5,14,17-18,30H,1-3,6-13H2,4H3,(H,28,31)(H,29,33). The molecular formula is C24H32F3N5O. The molecule has 3 rings (SSSR count). The van der Waals surface area contributed by atoms with E-state index in [0.717, 1.165) is 38.8 Å². The lowest BCUT2D eigenvalue weighted by Gasteiger charge is -2.31. The first-order valence-corrected chi connectivity index (χ1v) is 11.2. The number of amides is 1. The highest BCUT2D eigenvalue weighted by Crippen LogP contribution is 2.36. The second kappa shape index (κ2) is 10.4. The first-order valence-electron chi connectivity index (χ1n) is 11.2. The van der Waals surface area contributed by atoms with E-state index in [-0.39, 0.29) is 34.9 Å². The van der Waals surface area contributed by atoms with E-state index < -0.39 is 11.7 Å². The monoisotopic (exact) mass is 463 g/mol. The Hall–Kier alpha value is -2.81. The lowest BCUT2D eigenvalue weighted by Crippen LogP contribution is -2.40. The number of carbonyl (C=O) groups excluding carboxylic acids is 1. The summed E-state index contributed by atoms with van der Waals surface area (Å²) in [5, 5.41) is 9.21. The van der Waals surface area contributed by atoms with Crippen LogP contribution in [0.1, 0.15) is 42.5 Å². The van der Waals surface area contributed by atoms with E-state index in [9.17, 15) is 18.0 Å². The van der Waals surface area contributed by atoms with Gasteiger partial charge in [0.2, 0.25) is 5.91 Å². The number of rotatable bonds is 10. The van der Waals surface area contributed by atoms with E-state index in [1.807, 2.05) is 0 Å². The molecule has 0 bridgehead atoms. The first-order chi connectivity index (χ1) is 15.6. The molecule has 0 aromatic carbocycles. The summed E-state index contributed by atoms with van der Waals surface area (Å²) in [4.78, 5) is 18.2. The Morgan fingerprint density at radius 1 is 1.21 bits per heavy atom. The minimum Gasteiger partial charge on any atom is -0.382 e. The van der Waals surface area contributed by atoms with E-state index in [0.29, 0.717) is 24.4 Å². The Morgan fingerprint density at radius 2 is 1.88 bits per heavy atom. The zero-order valence-corrected chi connectivity index (χ0v) is 19.0. The molecule has 3 N–H and O–H groups in total. The van der Waals surface area contributed by atoms with E-state index >= 15 is 0 Å². The smallest absolute Gasteiger partial charge is 0.382 e. The molecule has 1 aliphatic heterocycles. The molecule has 0 radical (unpaired) electrons. The van der Waals surface area contributed by atoms with Gasteiger partial charge < -0.3 is 20.9 Å². The van der Waals surface area contributed by atoms with Gasteiger partial charge in [0.15, 0.2) is 0 Å². The summed E-state index contributed by atoms with van der Waals surface area (Å²) >= 11 is 0. The highest BCUT2D eigenvalue weighted by Gasteiger charge is 2.36. The van der Waals surface area contributed by atoms with Crippen molar-refractivity contribution in [1.29, 1.82) is 0 Å². The molecular weight excluding hydrogens is 431 g/mol. The van der Waals surface area contributed by atoms with Gasteiger partial charge >= 0.3 is 6.18 Å². The Kier molecular flexibility index (Phi) is 7.84. The largest absolute Gasteiger partial charge is 0.417 e. The third kappa shape index (κ3) is 6.60. The van der Waals surface area contributed by atoms with Crippen LogP contribution < -0.4 is 16.0 Å². The lowest BCUT2D eigenvalue weighted by atomic mass is 9.98. The Morgan fingerprint density at radius 3 is 2.45 bits per heavy atom. The fourth-order valence-corrected chi connectivity index (χ4v) is 3.81. The van der Waals surface area contributed by atoms with Crippen molar-refractivity contribution in [3.05, 3.63) is 42.6 Å². The van der Waals surface area contributed by atoms with Crippen molar-refractivity contribution >= 4 is 29.1 Å². The van der Waals surface area contributed by atoms with Crippen LogP contribution in [0.25, 0.3) is 17.3 Å². The Balaban J connectivity index is 1.81. The van der Waals surface area contributed by atoms with Crippen LogP contribution in [0.5, 0.6) is 0 Å². The summed E-state index contributed by atoms with van der Waals surface area (Å²) in [6.07, 6.45) is 0.359. The van der Waals surface area contributed by atoms with Crippen LogP contribution in [0.4, 0.5) is 19.0 Å². The average molecular weight is 464 g/mol. The number of anilines is 1. The molecule has 2 aliphatic rings. The molecule has 1 aromatic rings. The predicted octanol–water partition coefficient (Wildman–Crippen LogP) is 3.89. The predicted molar refractivity (Wildman–Crippen MR) is 126 cm³/mol. The number of alkyl halides is 3. The van der Waals surface area contributed by atoms with E-state index in [4.69, 9.17) is 0 Å². The number of nitrogens with one attached hydrogen (secondary N) is 3. The lowest BCUT2D eigenvalue weighted by molar-refractivity contribution is -0.122. The topological polar surface area (TPSA) is 69.3 Å². The molecule has 180 valence electrons. The number of carbonyl (C=O) groups is 1. The van der Waals surface area contributed by atoms with Crippen molar-refractivity contribution in [2.75, 3.05) is 38.5 Å². The van der Waals surface area contributed by atoms with Gasteiger partial charge in [-0.1, -0.05) is 25.8 Å². The Bertz CT molecular complexity index is 915. The molecule has 1 saturated carbocycles. The van der Waals surface area contributed by atoms with Crippen LogP contribution in [0.3, 0.4) is 0 Å². The molecule has 9 heteroatoms. The van der Waals surface area contributed by atoms with Crippen molar-refractivity contribution in [2.24, 2.45) is 5.92 Å². The molecule has 1 aliphatic carbocycles. The second-order valence-electron chi connectivity index (χ2n) is 8.69. The van der Waals surface area contributed by atoms with Crippen molar-refractivity contribution in [3.8, 4) is 0 Å². The van der Waals surface area contributed by atoms with Crippen LogP contribution in [-0.4, -0.2) is 61.2 Å². The summed E-state index contributed by atoms with van der Waals surface area (Å²) in [6, 6.07) is 1.85. The number of piperidine rings is 1. The maximum absolute atomic E-state index is 13.5. The van der Waals surface area contributed by atoms with Crippen molar-refractivity contribution in [1.82, 2.24) is 20.5 Å². The summed E-state index contributed by atoms with van der Waals surface area (Å²) in [5.74, 6) is 0.356. The van der Waals surface area contributed by atoms with Gasteiger partial charge in [0.05, 0.1) is 11.3 Å².